The minimum Gasteiger partial charge on any atom is -0.356 e. The number of rotatable bonds is 3. The Labute approximate surface area is 121 Å². The number of imidazole rings is 1. The maximum atomic E-state index is 4.54. The molecule has 0 fully saturated rings. The number of hydrogen-bond donors (Lipinski definition) is 1. The first-order valence-corrected chi connectivity index (χ1v) is 7.51. The molecule has 1 aliphatic heterocycles. The van der Waals surface area contributed by atoms with Crippen LogP contribution in [0.5, 0.6) is 0 Å². The van der Waals surface area contributed by atoms with Crippen LogP contribution in [0.2, 0.25) is 0 Å². The quantitative estimate of drug-likeness (QED) is 0.918. The van der Waals surface area contributed by atoms with Crippen molar-refractivity contribution in [2.45, 2.75) is 39.7 Å². The molecule has 2 heterocycles. The van der Waals surface area contributed by atoms with E-state index in [1.807, 2.05) is 0 Å². The first-order chi connectivity index (χ1) is 9.63. The van der Waals surface area contributed by atoms with Crippen molar-refractivity contribution >= 4 is 5.95 Å². The largest absolute Gasteiger partial charge is 0.356 e. The molecule has 1 unspecified atom stereocenters. The van der Waals surface area contributed by atoms with Crippen molar-refractivity contribution in [1.82, 2.24) is 9.55 Å². The van der Waals surface area contributed by atoms with Gasteiger partial charge in [-0.2, -0.15) is 0 Å². The van der Waals surface area contributed by atoms with Crippen LogP contribution in [0.1, 0.15) is 43.1 Å². The maximum absolute atomic E-state index is 4.54. The van der Waals surface area contributed by atoms with Gasteiger partial charge in [-0.3, -0.25) is 0 Å². The Hall–Kier alpha value is -1.77. The van der Waals surface area contributed by atoms with E-state index in [0.29, 0.717) is 12.0 Å². The molecular formula is C17H23N3. The predicted octanol–water partition coefficient (Wildman–Crippen LogP) is 3.80. The van der Waals surface area contributed by atoms with Crippen molar-refractivity contribution in [3.8, 4) is 0 Å². The Kier molecular flexibility index (Phi) is 3.51. The average molecular weight is 269 g/mol. The summed E-state index contributed by atoms with van der Waals surface area (Å²) in [5.41, 5.74) is 3.90. The van der Waals surface area contributed by atoms with Crippen LogP contribution < -0.4 is 5.32 Å². The smallest absolute Gasteiger partial charge is 0.203 e. The van der Waals surface area contributed by atoms with Crippen molar-refractivity contribution < 1.29 is 0 Å². The number of fused-ring (bicyclic) bond motifs is 1. The van der Waals surface area contributed by atoms with Crippen molar-refractivity contribution in [1.29, 1.82) is 0 Å². The van der Waals surface area contributed by atoms with E-state index in [9.17, 15) is 0 Å². The summed E-state index contributed by atoms with van der Waals surface area (Å²) in [6.07, 6.45) is 4.42. The second-order valence-corrected chi connectivity index (χ2v) is 6.18. The fraction of sp³-hybridized carbons (Fsp3) is 0.471. The second-order valence-electron chi connectivity index (χ2n) is 6.18. The number of nitrogens with one attached hydrogen (secondary N) is 1. The average Bonchev–Trinajstić information content (AvgIpc) is 2.79. The number of anilines is 1. The fourth-order valence-corrected chi connectivity index (χ4v) is 3.02. The van der Waals surface area contributed by atoms with Crippen molar-refractivity contribution in [3.05, 3.63) is 47.3 Å². The van der Waals surface area contributed by atoms with Crippen LogP contribution in [-0.2, 0) is 6.42 Å². The molecule has 106 valence electrons. The third-order valence-corrected chi connectivity index (χ3v) is 3.90. The summed E-state index contributed by atoms with van der Waals surface area (Å²) in [5, 5.41) is 3.37. The van der Waals surface area contributed by atoms with Crippen LogP contribution in [0.25, 0.3) is 0 Å². The molecule has 0 spiro atoms. The van der Waals surface area contributed by atoms with Gasteiger partial charge >= 0.3 is 0 Å². The lowest BCUT2D eigenvalue weighted by atomic mass is 9.97. The van der Waals surface area contributed by atoms with Crippen LogP contribution in [0.3, 0.4) is 0 Å². The van der Waals surface area contributed by atoms with Crippen LogP contribution >= 0.6 is 0 Å². The first-order valence-electron chi connectivity index (χ1n) is 7.51. The number of benzene rings is 1. The molecule has 1 atom stereocenters. The number of hydrogen-bond acceptors (Lipinski definition) is 2. The summed E-state index contributed by atoms with van der Waals surface area (Å²) >= 11 is 0. The highest BCUT2D eigenvalue weighted by molar-refractivity contribution is 5.36. The third kappa shape index (κ3) is 2.58. The SMILES string of the molecule is Cc1cn2c(n1)NCCC2c1ccc(CC(C)C)cc1. The molecule has 1 N–H and O–H groups in total. The molecule has 0 saturated carbocycles. The zero-order valence-corrected chi connectivity index (χ0v) is 12.6. The summed E-state index contributed by atoms with van der Waals surface area (Å²) < 4.78 is 2.27. The Morgan fingerprint density at radius 2 is 2.05 bits per heavy atom. The van der Waals surface area contributed by atoms with Gasteiger partial charge in [0.25, 0.3) is 0 Å². The Morgan fingerprint density at radius 1 is 1.30 bits per heavy atom. The molecule has 3 heteroatoms. The van der Waals surface area contributed by atoms with Gasteiger partial charge in [0.05, 0.1) is 11.7 Å². The van der Waals surface area contributed by atoms with Gasteiger partial charge in [0.1, 0.15) is 0 Å². The molecule has 1 aliphatic rings. The van der Waals surface area contributed by atoms with Crippen LogP contribution in [-0.4, -0.2) is 16.1 Å². The predicted molar refractivity (Wildman–Crippen MR) is 83.2 cm³/mol. The Bertz CT molecular complexity index is 581. The molecule has 0 aliphatic carbocycles. The van der Waals surface area contributed by atoms with Crippen LogP contribution in [0.15, 0.2) is 30.5 Å². The van der Waals surface area contributed by atoms with Gasteiger partial charge in [-0.1, -0.05) is 38.1 Å². The number of nitrogens with zero attached hydrogens (tertiary/aromatic N) is 2. The highest BCUT2D eigenvalue weighted by atomic mass is 15.2. The molecule has 2 aromatic rings. The summed E-state index contributed by atoms with van der Waals surface area (Å²) in [6.45, 7) is 7.58. The summed E-state index contributed by atoms with van der Waals surface area (Å²) in [4.78, 5) is 4.54. The summed E-state index contributed by atoms with van der Waals surface area (Å²) in [7, 11) is 0. The lowest BCUT2D eigenvalue weighted by molar-refractivity contribution is 0.530. The minimum absolute atomic E-state index is 0.417. The van der Waals surface area contributed by atoms with E-state index >= 15 is 0 Å². The van der Waals surface area contributed by atoms with Gasteiger partial charge in [0, 0.05) is 12.7 Å². The van der Waals surface area contributed by atoms with E-state index in [-0.39, 0.29) is 0 Å². The normalized spacial score (nSPS) is 17.9. The topological polar surface area (TPSA) is 29.9 Å². The lowest BCUT2D eigenvalue weighted by Crippen LogP contribution is -2.23. The fourth-order valence-electron chi connectivity index (χ4n) is 3.02. The molecular weight excluding hydrogens is 246 g/mol. The zero-order chi connectivity index (χ0) is 14.1. The monoisotopic (exact) mass is 269 g/mol. The highest BCUT2D eigenvalue weighted by Gasteiger charge is 2.21. The van der Waals surface area contributed by atoms with Gasteiger partial charge < -0.3 is 9.88 Å². The van der Waals surface area contributed by atoms with Crippen molar-refractivity contribution in [2.24, 2.45) is 5.92 Å². The van der Waals surface area contributed by atoms with Crippen LogP contribution in [0.4, 0.5) is 5.95 Å². The Morgan fingerprint density at radius 3 is 2.75 bits per heavy atom. The van der Waals surface area contributed by atoms with E-state index in [1.54, 1.807) is 0 Å². The molecule has 0 saturated heterocycles. The molecule has 3 nitrogen and oxygen atoms in total. The Balaban J connectivity index is 1.86. The minimum atomic E-state index is 0.417. The van der Waals surface area contributed by atoms with E-state index in [1.165, 1.54) is 11.1 Å². The van der Waals surface area contributed by atoms with E-state index in [2.05, 4.69) is 66.1 Å². The van der Waals surface area contributed by atoms with E-state index in [4.69, 9.17) is 0 Å². The molecule has 0 bridgehead atoms. The molecule has 20 heavy (non-hydrogen) atoms. The highest BCUT2D eigenvalue weighted by Crippen LogP contribution is 2.30. The first kappa shape index (κ1) is 13.2. The van der Waals surface area contributed by atoms with Gasteiger partial charge in [-0.05, 0) is 36.8 Å². The standard InChI is InChI=1S/C17H23N3/c1-12(2)10-14-4-6-15(7-5-14)16-8-9-18-17-19-13(3)11-20(16)17/h4-7,11-12,16H,8-10H2,1-3H3,(H,18,19). The van der Waals surface area contributed by atoms with Crippen molar-refractivity contribution in [3.63, 3.8) is 0 Å². The molecule has 1 aromatic heterocycles. The molecule has 3 rings (SSSR count). The van der Waals surface area contributed by atoms with E-state index in [0.717, 1.165) is 31.0 Å². The van der Waals surface area contributed by atoms with Gasteiger partial charge in [0.2, 0.25) is 5.95 Å². The zero-order valence-electron chi connectivity index (χ0n) is 12.6. The van der Waals surface area contributed by atoms with Crippen molar-refractivity contribution in [2.75, 3.05) is 11.9 Å². The number of aryl methyl sites for hydroxylation is 1. The molecule has 1 aromatic carbocycles. The van der Waals surface area contributed by atoms with Gasteiger partial charge in [-0.25, -0.2) is 4.98 Å². The summed E-state index contributed by atoms with van der Waals surface area (Å²) in [6, 6.07) is 9.54. The third-order valence-electron chi connectivity index (χ3n) is 3.90. The lowest BCUT2D eigenvalue weighted by Gasteiger charge is -2.26. The molecule has 0 radical (unpaired) electrons. The van der Waals surface area contributed by atoms with Gasteiger partial charge in [-0.15, -0.1) is 0 Å². The van der Waals surface area contributed by atoms with Crippen LogP contribution in [0, 0.1) is 12.8 Å². The summed E-state index contributed by atoms with van der Waals surface area (Å²) in [5.74, 6) is 1.72. The maximum Gasteiger partial charge on any atom is 0.203 e. The molecule has 0 amide bonds. The number of aromatic nitrogens is 2. The second kappa shape index (κ2) is 5.31. The van der Waals surface area contributed by atoms with E-state index < -0.39 is 0 Å². The van der Waals surface area contributed by atoms with Gasteiger partial charge in [0.15, 0.2) is 0 Å².